The summed E-state index contributed by atoms with van der Waals surface area (Å²) in [6, 6.07) is 67.6. The quantitative estimate of drug-likeness (QED) is 0.0458. The molecular weight excluding hydrogens is 1650 g/mol. The molecule has 3 fully saturated rings. The number of diazo groups is 7. The molecule has 4 N–H and O–H groups in total. The third kappa shape index (κ3) is 29.1. The number of nitrogens with one attached hydrogen (secondary N) is 4. The van der Waals surface area contributed by atoms with E-state index in [-0.39, 0.29) is 29.1 Å². The molecule has 3 saturated heterocycles. The molecule has 0 atom stereocenters. The second kappa shape index (κ2) is 52.5. The van der Waals surface area contributed by atoms with Gasteiger partial charge in [0.25, 0.3) is 17.7 Å². The molecule has 0 spiro atoms. The number of morpholine rings is 3. The Morgan fingerprint density at radius 2 is 0.659 bits per heavy atom. The van der Waals surface area contributed by atoms with E-state index >= 15 is 0 Å². The molecule has 36 heteroatoms. The molecule has 3 aliphatic heterocycles. The number of carbonyl (C=O) groups is 3. The molecular formula is C93H100N21O15+7. The van der Waals surface area contributed by atoms with E-state index in [0.29, 0.717) is 140 Å². The number of amides is 3. The minimum absolute atomic E-state index is 0.204. The van der Waals surface area contributed by atoms with E-state index in [1.54, 1.807) is 149 Å². The zero-order valence-electron chi connectivity index (χ0n) is 73.1. The lowest BCUT2D eigenvalue weighted by Gasteiger charge is -2.29. The van der Waals surface area contributed by atoms with Gasteiger partial charge in [0, 0.05) is 151 Å². The van der Waals surface area contributed by atoms with Gasteiger partial charge in [-0.05, 0) is 99.1 Å². The lowest BCUT2D eigenvalue weighted by Crippen LogP contribution is -2.36. The van der Waals surface area contributed by atoms with Crippen LogP contribution in [0.15, 0.2) is 231 Å². The summed E-state index contributed by atoms with van der Waals surface area (Å²) in [6.45, 7) is 15.9. The van der Waals surface area contributed by atoms with Crippen LogP contribution in [0, 0.1) is 44.7 Å². The number of hydrogen-bond acceptors (Lipinski definition) is 26. The number of anilines is 8. The molecule has 0 unspecified atom stereocenters. The van der Waals surface area contributed by atoms with Gasteiger partial charge in [-0.3, -0.25) is 14.4 Å². The zero-order valence-corrected chi connectivity index (χ0v) is 73.1. The van der Waals surface area contributed by atoms with E-state index in [9.17, 15) is 14.4 Å². The highest BCUT2D eigenvalue weighted by Gasteiger charge is 2.28. The van der Waals surface area contributed by atoms with Crippen molar-refractivity contribution in [3.8, 4) is 51.7 Å². The first kappa shape index (κ1) is 97.5. The number of carbonyl (C=O) groups excluding carboxylic acids is 3. The lowest BCUT2D eigenvalue weighted by molar-refractivity contribution is 0.101. The van der Waals surface area contributed by atoms with Gasteiger partial charge < -0.3 is 92.8 Å². The number of aryl methyl sites for hydroxylation is 1. The molecule has 0 aliphatic carbocycles. The fourth-order valence-electron chi connectivity index (χ4n) is 12.6. The molecule has 11 aromatic carbocycles. The maximum Gasteiger partial charge on any atom is 0.430 e. The highest BCUT2D eigenvalue weighted by Crippen LogP contribution is 2.43. The first-order valence-electron chi connectivity index (χ1n) is 40.4. The van der Waals surface area contributed by atoms with Crippen LogP contribution in [0.3, 0.4) is 0 Å². The highest BCUT2D eigenvalue weighted by molar-refractivity contribution is 6.07. The molecule has 0 radical (unpaired) electrons. The van der Waals surface area contributed by atoms with E-state index in [1.165, 1.54) is 46.6 Å². The van der Waals surface area contributed by atoms with Crippen LogP contribution < -0.4 is 78.6 Å². The molecule has 129 heavy (non-hydrogen) atoms. The molecule has 3 amide bonds. The van der Waals surface area contributed by atoms with E-state index in [1.807, 2.05) is 106 Å². The molecule has 0 bridgehead atoms. The van der Waals surface area contributed by atoms with Gasteiger partial charge in [-0.1, -0.05) is 72.8 Å². The van der Waals surface area contributed by atoms with Gasteiger partial charge in [0.2, 0.25) is 72.2 Å². The topological polar surface area (TPSA) is 417 Å². The largest absolute Gasteiger partial charge is 0.494 e. The van der Waals surface area contributed by atoms with Gasteiger partial charge in [-0.2, -0.15) is 0 Å². The average Bonchev–Trinajstić information content (AvgIpc) is 0.813. The van der Waals surface area contributed by atoms with Gasteiger partial charge in [-0.25, -0.2) is 0 Å². The van der Waals surface area contributed by atoms with Gasteiger partial charge in [0.1, 0.15) is 0 Å². The Morgan fingerprint density at radius 3 is 1.10 bits per heavy atom. The molecule has 660 valence electrons. The van der Waals surface area contributed by atoms with Crippen LogP contribution in [-0.4, -0.2) is 160 Å². The Bertz CT molecular complexity index is 5830. The zero-order chi connectivity index (χ0) is 92.7. The van der Waals surface area contributed by atoms with E-state index in [4.69, 9.17) is 94.6 Å². The predicted molar refractivity (Wildman–Crippen MR) is 493 cm³/mol. The molecule has 3 aliphatic rings. The summed E-state index contributed by atoms with van der Waals surface area (Å²) in [6.07, 6.45) is 0. The second-order valence-electron chi connectivity index (χ2n) is 27.2. The smallest absolute Gasteiger partial charge is 0.430 e. The van der Waals surface area contributed by atoms with Crippen molar-refractivity contribution in [1.29, 1.82) is 37.7 Å². The fourth-order valence-corrected chi connectivity index (χ4v) is 12.6. The van der Waals surface area contributed by atoms with Gasteiger partial charge in [-0.15, -0.1) is 0 Å². The lowest BCUT2D eigenvalue weighted by atomic mass is 10.1. The number of nitrogens with zero attached hydrogens (tertiary/aromatic N) is 17. The van der Waals surface area contributed by atoms with Gasteiger partial charge in [0.05, 0.1) is 138 Å². The van der Waals surface area contributed by atoms with Crippen molar-refractivity contribution < 1.29 is 71.2 Å². The molecule has 3 heterocycles. The molecule has 0 saturated carbocycles. The van der Waals surface area contributed by atoms with Crippen molar-refractivity contribution in [2.45, 2.75) is 20.8 Å². The van der Waals surface area contributed by atoms with Crippen molar-refractivity contribution in [3.63, 3.8) is 0 Å². The fraction of sp³-hybridized carbons (Fsp3) is 0.258. The summed E-state index contributed by atoms with van der Waals surface area (Å²) in [5, 5.41) is 73.4. The number of benzene rings is 11. The predicted octanol–water partition coefficient (Wildman–Crippen LogP) is 21.4. The Hall–Kier alpha value is -17.0. The number of rotatable bonds is 22. The summed E-state index contributed by atoms with van der Waals surface area (Å²) >= 11 is 0. The Labute approximate surface area is 746 Å². The third-order valence-corrected chi connectivity index (χ3v) is 19.1. The van der Waals surface area contributed by atoms with Gasteiger partial charge in [0.15, 0.2) is 52.1 Å². The maximum atomic E-state index is 12.3. The number of methoxy groups -OCH3 is 7. The van der Waals surface area contributed by atoms with Crippen molar-refractivity contribution in [1.82, 2.24) is 0 Å². The van der Waals surface area contributed by atoms with Crippen LogP contribution >= 0.6 is 0 Å². The summed E-state index contributed by atoms with van der Waals surface area (Å²) < 4.78 is 63.0. The van der Waals surface area contributed by atoms with Gasteiger partial charge >= 0.3 is 39.8 Å². The Morgan fingerprint density at radius 1 is 0.318 bits per heavy atom. The minimum atomic E-state index is -0.273. The summed E-state index contributed by atoms with van der Waals surface area (Å²) in [7, 11) is 10.6. The monoisotopic (exact) mass is 1750 g/mol. The highest BCUT2D eigenvalue weighted by atomic mass is 16.5. The minimum Gasteiger partial charge on any atom is -0.494 e. The Kier molecular flexibility index (Phi) is 39.7. The van der Waals surface area contributed by atoms with Crippen molar-refractivity contribution in [3.05, 3.63) is 288 Å². The van der Waals surface area contributed by atoms with Crippen LogP contribution in [0.2, 0.25) is 0 Å². The summed E-state index contributed by atoms with van der Waals surface area (Å²) in [5.41, 5.74) is 11.5. The molecule has 0 aromatic heterocycles. The van der Waals surface area contributed by atoms with Crippen LogP contribution in [0.5, 0.6) is 51.7 Å². The van der Waals surface area contributed by atoms with Crippen LogP contribution in [0.4, 0.5) is 85.3 Å². The average molecular weight is 1750 g/mol. The standard InChI is InChI=1S/C17H17N3O3.C15H13N3O3.C15H13N3O2.C13H12N3O.C12H16N3O3.C11H14N3O2.C10H12N3O/c1-3-22-15-11-14(20-18)16(23-4-2)10-13(15)19-17(21)12-8-6-5-7-9-12;1-20-13-9-12(18-16)14(21-2)8-11(13)17-15(19)10-6-4-3-5-7-10;1-10-8-13(18-16)14(20-2)9-12(10)17-15(19)11-6-4-3-5-7-11;1-17-13-9-11(7-8-12(13)16-14)15-10-5-3-2-4-6-10;1-16-11-8-10(15-3-5-18-6-4-15)12(17-2)7-9(11)14-13;1-15-11-8-9(2-3-10(11)13-12)14-4-6-16-7-5-14;11-12-9-1-3-10(4-2-9)13-5-7-14-8-6-13/h5-11H,3-4H2,1-2H3;3-9H,1-2H3;3-9H,1-2H3;2-9,15H,1H3;7-8H,3-6H2,1-2H3;2-3,8H,4-7H2,1H3;1-4H,5-8H2/q;;;4*+1/p+3. The number of ether oxygens (including phenoxy) is 12. The first-order chi connectivity index (χ1) is 62.9. The van der Waals surface area contributed by atoms with Crippen molar-refractivity contribution >= 4 is 103 Å². The second-order valence-corrected chi connectivity index (χ2v) is 27.2. The van der Waals surface area contributed by atoms with E-state index in [2.05, 4.69) is 70.8 Å². The molecule has 14 rings (SSSR count). The summed E-state index contributed by atoms with van der Waals surface area (Å²) in [5.74, 6) is 3.38. The van der Waals surface area contributed by atoms with Crippen molar-refractivity contribution in [2.24, 2.45) is 0 Å². The van der Waals surface area contributed by atoms with Crippen molar-refractivity contribution in [2.75, 3.05) is 178 Å². The SMILES string of the molecule is CCOc1cc(NC(=O)c2ccccc2)c(OCC)cc1[N+]#N.COc1cc(N2CCOCC2)c(OC)cc1[N+]#N.COc1cc(N2CCOCC2)ccc1[N+]#N.COc1cc(NC(=O)c2ccccc2)c(C)cc1[N+]#N.COc1cc(NC(=O)c2ccccc2)c(OC)cc1[N+]#N.COc1cc(Nc2ccccc2)ccc1[N+]#N.N#[N+]c1ccc(N2CCOCC2)cc1. The molecule has 36 nitrogen and oxygen atoms in total. The summed E-state index contributed by atoms with van der Waals surface area (Å²) in [4.78, 5) is 65.2. The van der Waals surface area contributed by atoms with E-state index in [0.717, 1.165) is 99.7 Å². The van der Waals surface area contributed by atoms with E-state index < -0.39 is 0 Å². The normalized spacial score (nSPS) is 11.9. The Balaban J connectivity index is 0.000000187. The number of hydrogen-bond donors (Lipinski definition) is 4. The molecule has 11 aromatic rings. The maximum absolute atomic E-state index is 12.3. The van der Waals surface area contributed by atoms with Crippen LogP contribution in [-0.2, 0) is 14.2 Å². The van der Waals surface area contributed by atoms with Crippen LogP contribution in [0.25, 0.3) is 34.8 Å². The number of para-hydroxylation sites is 1. The first-order valence-corrected chi connectivity index (χ1v) is 40.4. The third-order valence-electron chi connectivity index (χ3n) is 19.1. The van der Waals surface area contributed by atoms with Crippen LogP contribution in [0.1, 0.15) is 50.5 Å².